The van der Waals surface area contributed by atoms with Crippen molar-refractivity contribution in [1.82, 2.24) is 0 Å². The summed E-state index contributed by atoms with van der Waals surface area (Å²) in [6, 6.07) is 11.1. The van der Waals surface area contributed by atoms with Gasteiger partial charge in [0.05, 0.1) is 0 Å². The molecule has 2 rings (SSSR count). The van der Waals surface area contributed by atoms with Gasteiger partial charge in [-0.15, -0.1) is 0 Å². The van der Waals surface area contributed by atoms with E-state index in [2.05, 4.69) is 30.3 Å². The Balaban J connectivity index is 1.95. The highest BCUT2D eigenvalue weighted by Gasteiger charge is 2.26. The quantitative estimate of drug-likeness (QED) is 0.705. The SMILES string of the molecule is N[C@H]1CC[C@H]1Cc1ccccc1. The Hall–Kier alpha value is -0.820. The second kappa shape index (κ2) is 3.28. The summed E-state index contributed by atoms with van der Waals surface area (Å²) >= 11 is 0. The lowest BCUT2D eigenvalue weighted by Gasteiger charge is -2.33. The molecule has 1 aliphatic carbocycles. The van der Waals surface area contributed by atoms with E-state index in [1.165, 1.54) is 24.8 Å². The lowest BCUT2D eigenvalue weighted by Crippen LogP contribution is -2.40. The highest BCUT2D eigenvalue weighted by Crippen LogP contribution is 2.28. The van der Waals surface area contributed by atoms with E-state index >= 15 is 0 Å². The molecule has 1 fully saturated rings. The van der Waals surface area contributed by atoms with Crippen LogP contribution in [0.15, 0.2) is 30.3 Å². The maximum Gasteiger partial charge on any atom is 0.00704 e. The fraction of sp³-hybridized carbons (Fsp3) is 0.455. The minimum Gasteiger partial charge on any atom is -0.327 e. The predicted octanol–water partition coefficient (Wildman–Crippen LogP) is 1.97. The summed E-state index contributed by atoms with van der Waals surface area (Å²) in [7, 11) is 0. The van der Waals surface area contributed by atoms with Crippen molar-refractivity contribution in [3.8, 4) is 0 Å². The molecule has 2 atom stereocenters. The topological polar surface area (TPSA) is 26.0 Å². The van der Waals surface area contributed by atoms with Gasteiger partial charge in [0, 0.05) is 6.04 Å². The van der Waals surface area contributed by atoms with Gasteiger partial charge in [-0.1, -0.05) is 30.3 Å². The molecule has 0 radical (unpaired) electrons. The molecule has 1 aromatic carbocycles. The van der Waals surface area contributed by atoms with Crippen LogP contribution < -0.4 is 5.73 Å². The average Bonchev–Trinajstić information content (AvgIpc) is 2.14. The van der Waals surface area contributed by atoms with Crippen LogP contribution in [0.5, 0.6) is 0 Å². The lowest BCUT2D eigenvalue weighted by atomic mass is 9.76. The van der Waals surface area contributed by atoms with Gasteiger partial charge < -0.3 is 5.73 Å². The molecule has 0 bridgehead atoms. The normalized spacial score (nSPS) is 28.1. The van der Waals surface area contributed by atoms with Gasteiger partial charge in [0.25, 0.3) is 0 Å². The first-order valence-corrected chi connectivity index (χ1v) is 4.66. The Morgan fingerprint density at radius 1 is 1.17 bits per heavy atom. The Morgan fingerprint density at radius 2 is 1.92 bits per heavy atom. The predicted molar refractivity (Wildman–Crippen MR) is 50.8 cm³/mol. The molecule has 64 valence electrons. The van der Waals surface area contributed by atoms with Crippen molar-refractivity contribution in [2.45, 2.75) is 25.3 Å². The van der Waals surface area contributed by atoms with Crippen molar-refractivity contribution in [3.63, 3.8) is 0 Å². The van der Waals surface area contributed by atoms with Crippen molar-refractivity contribution in [2.75, 3.05) is 0 Å². The van der Waals surface area contributed by atoms with E-state index < -0.39 is 0 Å². The molecule has 0 amide bonds. The maximum absolute atomic E-state index is 5.87. The van der Waals surface area contributed by atoms with Gasteiger partial charge in [0.15, 0.2) is 0 Å². The molecule has 0 heterocycles. The molecule has 0 aromatic heterocycles. The van der Waals surface area contributed by atoms with Gasteiger partial charge in [-0.05, 0) is 30.7 Å². The molecule has 1 aromatic rings. The largest absolute Gasteiger partial charge is 0.327 e. The average molecular weight is 161 g/mol. The van der Waals surface area contributed by atoms with E-state index in [4.69, 9.17) is 5.73 Å². The van der Waals surface area contributed by atoms with E-state index in [9.17, 15) is 0 Å². The molecule has 12 heavy (non-hydrogen) atoms. The van der Waals surface area contributed by atoms with Crippen molar-refractivity contribution in [2.24, 2.45) is 11.7 Å². The van der Waals surface area contributed by atoms with Crippen molar-refractivity contribution in [1.29, 1.82) is 0 Å². The molecule has 0 unspecified atom stereocenters. The molecule has 0 spiro atoms. The zero-order chi connectivity index (χ0) is 8.39. The Bertz CT molecular complexity index is 242. The fourth-order valence-electron chi connectivity index (χ4n) is 1.77. The highest BCUT2D eigenvalue weighted by molar-refractivity contribution is 5.16. The molecule has 1 nitrogen and oxygen atoms in total. The summed E-state index contributed by atoms with van der Waals surface area (Å²) < 4.78 is 0. The molecule has 2 N–H and O–H groups in total. The molecule has 1 aliphatic rings. The number of rotatable bonds is 2. The molecular formula is C11H15N. The van der Waals surface area contributed by atoms with Crippen molar-refractivity contribution >= 4 is 0 Å². The van der Waals surface area contributed by atoms with Crippen LogP contribution in [0.4, 0.5) is 0 Å². The number of benzene rings is 1. The van der Waals surface area contributed by atoms with E-state index in [1.54, 1.807) is 0 Å². The second-order valence-electron chi connectivity index (χ2n) is 3.69. The standard InChI is InChI=1S/C11H15N/c12-11-7-6-10(11)8-9-4-2-1-3-5-9/h1-5,10-11H,6-8,12H2/t10-,11-/m0/s1. The van der Waals surface area contributed by atoms with Crippen molar-refractivity contribution < 1.29 is 0 Å². The first kappa shape index (κ1) is 7.81. The fourth-order valence-corrected chi connectivity index (χ4v) is 1.77. The second-order valence-corrected chi connectivity index (χ2v) is 3.69. The first-order valence-electron chi connectivity index (χ1n) is 4.66. The van der Waals surface area contributed by atoms with E-state index in [0.717, 1.165) is 5.92 Å². The van der Waals surface area contributed by atoms with Gasteiger partial charge >= 0.3 is 0 Å². The van der Waals surface area contributed by atoms with E-state index in [-0.39, 0.29) is 0 Å². The number of nitrogens with two attached hydrogens (primary N) is 1. The van der Waals surface area contributed by atoms with Gasteiger partial charge in [-0.25, -0.2) is 0 Å². The van der Waals surface area contributed by atoms with E-state index in [1.807, 2.05) is 0 Å². The summed E-state index contributed by atoms with van der Waals surface area (Å²) in [5.41, 5.74) is 7.30. The summed E-state index contributed by atoms with van der Waals surface area (Å²) in [5.74, 6) is 0.743. The molecular weight excluding hydrogens is 146 g/mol. The zero-order valence-corrected chi connectivity index (χ0v) is 7.24. The van der Waals surface area contributed by atoms with Crippen LogP contribution in [0.3, 0.4) is 0 Å². The zero-order valence-electron chi connectivity index (χ0n) is 7.24. The van der Waals surface area contributed by atoms with Crippen LogP contribution in [0.2, 0.25) is 0 Å². The van der Waals surface area contributed by atoms with E-state index in [0.29, 0.717) is 6.04 Å². The summed E-state index contributed by atoms with van der Waals surface area (Å²) in [6.07, 6.45) is 3.70. The highest BCUT2D eigenvalue weighted by atomic mass is 14.7. The van der Waals surface area contributed by atoms with Crippen LogP contribution in [0.1, 0.15) is 18.4 Å². The van der Waals surface area contributed by atoms with Gasteiger partial charge in [0.2, 0.25) is 0 Å². The third-order valence-corrected chi connectivity index (χ3v) is 2.82. The monoisotopic (exact) mass is 161 g/mol. The lowest BCUT2D eigenvalue weighted by molar-refractivity contribution is 0.256. The Labute approximate surface area is 73.6 Å². The van der Waals surface area contributed by atoms with Gasteiger partial charge in [0.1, 0.15) is 0 Å². The molecule has 0 saturated heterocycles. The third-order valence-electron chi connectivity index (χ3n) is 2.82. The Kier molecular flexibility index (Phi) is 2.13. The maximum atomic E-state index is 5.87. The van der Waals surface area contributed by atoms with Crippen LogP contribution in [-0.2, 0) is 6.42 Å². The van der Waals surface area contributed by atoms with Crippen LogP contribution in [-0.4, -0.2) is 6.04 Å². The van der Waals surface area contributed by atoms with Crippen molar-refractivity contribution in [3.05, 3.63) is 35.9 Å². The number of hydrogen-bond acceptors (Lipinski definition) is 1. The van der Waals surface area contributed by atoms with Crippen LogP contribution in [0.25, 0.3) is 0 Å². The molecule has 1 saturated carbocycles. The van der Waals surface area contributed by atoms with Crippen LogP contribution in [0, 0.1) is 5.92 Å². The molecule has 1 heteroatoms. The first-order chi connectivity index (χ1) is 5.86. The summed E-state index contributed by atoms with van der Waals surface area (Å²) in [6.45, 7) is 0. The minimum absolute atomic E-state index is 0.463. The van der Waals surface area contributed by atoms with Crippen LogP contribution >= 0.6 is 0 Å². The number of hydrogen-bond donors (Lipinski definition) is 1. The van der Waals surface area contributed by atoms with Gasteiger partial charge in [-0.2, -0.15) is 0 Å². The third kappa shape index (κ3) is 1.51. The molecule has 0 aliphatic heterocycles. The summed E-state index contributed by atoms with van der Waals surface area (Å²) in [4.78, 5) is 0. The Morgan fingerprint density at radius 3 is 2.42 bits per heavy atom. The smallest absolute Gasteiger partial charge is 0.00704 e. The summed E-state index contributed by atoms with van der Waals surface area (Å²) in [5, 5.41) is 0. The minimum atomic E-state index is 0.463. The van der Waals surface area contributed by atoms with Gasteiger partial charge in [-0.3, -0.25) is 0 Å².